The number of ketones is 1. The van der Waals surface area contributed by atoms with E-state index in [1.165, 1.54) is 4.68 Å². The number of fused-ring (bicyclic) bond motifs is 2. The molecule has 1 heterocycles. The van der Waals surface area contributed by atoms with Crippen molar-refractivity contribution < 1.29 is 9.59 Å². The third kappa shape index (κ3) is 1.95. The molecule has 0 saturated carbocycles. The number of benzene rings is 2. The summed E-state index contributed by atoms with van der Waals surface area (Å²) in [5, 5.41) is 5.35. The molecule has 0 amide bonds. The highest BCUT2D eigenvalue weighted by Crippen LogP contribution is 2.38. The minimum Gasteiger partial charge on any atom is -0.289 e. The molecule has 4 heteroatoms. The number of hydrogen-bond acceptors (Lipinski definition) is 3. The van der Waals surface area contributed by atoms with Crippen LogP contribution in [-0.2, 0) is 0 Å². The molecule has 0 radical (unpaired) electrons. The lowest BCUT2D eigenvalue weighted by Crippen LogP contribution is -2.14. The van der Waals surface area contributed by atoms with Gasteiger partial charge in [-0.15, -0.1) is 0 Å². The Morgan fingerprint density at radius 1 is 1.04 bits per heavy atom. The van der Waals surface area contributed by atoms with Gasteiger partial charge in [0.15, 0.2) is 5.78 Å². The van der Waals surface area contributed by atoms with Gasteiger partial charge in [-0.25, -0.2) is 0 Å². The zero-order chi connectivity index (χ0) is 16.1. The largest absolute Gasteiger partial charge is 0.289 e. The van der Waals surface area contributed by atoms with Gasteiger partial charge in [0.1, 0.15) is 5.69 Å². The normalized spacial score (nSPS) is 12.7. The summed E-state index contributed by atoms with van der Waals surface area (Å²) in [6.45, 7) is 4.01. The van der Waals surface area contributed by atoms with Crippen LogP contribution in [0, 0.1) is 5.92 Å². The predicted octanol–water partition coefficient (Wildman–Crippen LogP) is 3.93. The maximum absolute atomic E-state index is 12.7. The summed E-state index contributed by atoms with van der Waals surface area (Å²) in [7, 11) is 0. The average Bonchev–Trinajstić information content (AvgIpc) is 2.93. The first-order valence-corrected chi connectivity index (χ1v) is 7.77. The molecule has 0 spiro atoms. The van der Waals surface area contributed by atoms with E-state index in [0.29, 0.717) is 23.1 Å². The van der Waals surface area contributed by atoms with E-state index in [2.05, 4.69) is 5.10 Å². The fourth-order valence-electron chi connectivity index (χ4n) is 3.21. The fourth-order valence-corrected chi connectivity index (χ4v) is 3.21. The number of carbonyl (C=O) groups excluding carboxylic acids is 2. The second kappa shape index (κ2) is 4.88. The molecule has 3 aromatic rings. The van der Waals surface area contributed by atoms with E-state index in [1.54, 1.807) is 0 Å². The maximum Gasteiger partial charge on any atom is 0.247 e. The first-order valence-electron chi connectivity index (χ1n) is 7.77. The van der Waals surface area contributed by atoms with Gasteiger partial charge in [-0.1, -0.05) is 50.2 Å². The maximum atomic E-state index is 12.7. The zero-order valence-corrected chi connectivity index (χ0v) is 13.0. The van der Waals surface area contributed by atoms with Crippen LogP contribution in [0.1, 0.15) is 41.0 Å². The van der Waals surface area contributed by atoms with Crippen molar-refractivity contribution in [1.82, 2.24) is 9.78 Å². The molecule has 2 aromatic carbocycles. The standard InChI is InChI=1S/C19H16N2O2/c1-11(2)10-16(22)21-15-9-5-8-14-17(15)18(20-21)12-6-3-4-7-13(12)19(14)23/h3-9,11H,10H2,1-2H3. The van der Waals surface area contributed by atoms with Crippen LogP contribution in [0.2, 0.25) is 0 Å². The molecule has 0 N–H and O–H groups in total. The third-order valence-corrected chi connectivity index (χ3v) is 4.20. The number of carbonyl (C=O) groups is 2. The topological polar surface area (TPSA) is 52.0 Å². The van der Waals surface area contributed by atoms with E-state index in [4.69, 9.17) is 0 Å². The van der Waals surface area contributed by atoms with E-state index >= 15 is 0 Å². The highest BCUT2D eigenvalue weighted by Gasteiger charge is 2.29. The van der Waals surface area contributed by atoms with Crippen molar-refractivity contribution in [2.45, 2.75) is 20.3 Å². The van der Waals surface area contributed by atoms with Crippen molar-refractivity contribution in [2.75, 3.05) is 0 Å². The van der Waals surface area contributed by atoms with Crippen LogP contribution in [0.15, 0.2) is 42.5 Å². The average molecular weight is 304 g/mol. The summed E-state index contributed by atoms with van der Waals surface area (Å²) < 4.78 is 1.46. The molecule has 4 nitrogen and oxygen atoms in total. The number of aromatic nitrogens is 2. The third-order valence-electron chi connectivity index (χ3n) is 4.20. The lowest BCUT2D eigenvalue weighted by molar-refractivity contribution is 0.0876. The van der Waals surface area contributed by atoms with Gasteiger partial charge in [-0.3, -0.25) is 9.59 Å². The van der Waals surface area contributed by atoms with Crippen molar-refractivity contribution in [3.63, 3.8) is 0 Å². The lowest BCUT2D eigenvalue weighted by Gasteiger charge is -2.13. The van der Waals surface area contributed by atoms with Gasteiger partial charge >= 0.3 is 0 Å². The van der Waals surface area contributed by atoms with Crippen LogP contribution in [0.5, 0.6) is 0 Å². The highest BCUT2D eigenvalue weighted by molar-refractivity contribution is 6.25. The van der Waals surface area contributed by atoms with Crippen molar-refractivity contribution >= 4 is 22.6 Å². The van der Waals surface area contributed by atoms with Gasteiger partial charge in [-0.2, -0.15) is 9.78 Å². The molecule has 1 aliphatic carbocycles. The van der Waals surface area contributed by atoms with E-state index in [-0.39, 0.29) is 17.6 Å². The minimum atomic E-state index is -0.0415. The van der Waals surface area contributed by atoms with Crippen molar-refractivity contribution in [3.05, 3.63) is 53.6 Å². The highest BCUT2D eigenvalue weighted by atomic mass is 16.2. The molecule has 0 atom stereocenters. The van der Waals surface area contributed by atoms with Gasteiger partial charge in [0, 0.05) is 28.5 Å². The van der Waals surface area contributed by atoms with E-state index in [1.807, 2.05) is 56.3 Å². The summed E-state index contributed by atoms with van der Waals surface area (Å²) in [4.78, 5) is 25.3. The Bertz CT molecular complexity index is 967. The molecular formula is C19H16N2O2. The molecular weight excluding hydrogens is 288 g/mol. The minimum absolute atomic E-state index is 0.00504. The molecule has 0 fully saturated rings. The van der Waals surface area contributed by atoms with Gasteiger partial charge in [0.25, 0.3) is 0 Å². The van der Waals surface area contributed by atoms with Gasteiger partial charge in [0.05, 0.1) is 5.52 Å². The fraction of sp³-hybridized carbons (Fsp3) is 0.211. The predicted molar refractivity (Wildman–Crippen MR) is 88.7 cm³/mol. The summed E-state index contributed by atoms with van der Waals surface area (Å²) in [6, 6.07) is 12.9. The molecule has 0 unspecified atom stereocenters. The molecule has 4 rings (SSSR count). The lowest BCUT2D eigenvalue weighted by atomic mass is 9.87. The monoisotopic (exact) mass is 304 g/mol. The number of hydrogen-bond donors (Lipinski definition) is 0. The second-order valence-corrected chi connectivity index (χ2v) is 6.33. The molecule has 114 valence electrons. The first kappa shape index (κ1) is 13.9. The van der Waals surface area contributed by atoms with Crippen molar-refractivity contribution in [1.29, 1.82) is 0 Å². The molecule has 23 heavy (non-hydrogen) atoms. The second-order valence-electron chi connectivity index (χ2n) is 6.33. The Labute approximate surface area is 133 Å². The van der Waals surface area contributed by atoms with Crippen LogP contribution in [0.3, 0.4) is 0 Å². The van der Waals surface area contributed by atoms with Crippen LogP contribution in [0.25, 0.3) is 22.2 Å². The Balaban J connectivity index is 2.04. The van der Waals surface area contributed by atoms with Crippen molar-refractivity contribution in [2.24, 2.45) is 5.92 Å². The smallest absolute Gasteiger partial charge is 0.247 e. The van der Waals surface area contributed by atoms with Gasteiger partial charge in [0.2, 0.25) is 5.91 Å². The van der Waals surface area contributed by atoms with Crippen LogP contribution in [0.4, 0.5) is 0 Å². The van der Waals surface area contributed by atoms with Crippen LogP contribution < -0.4 is 0 Å². The van der Waals surface area contributed by atoms with E-state index in [0.717, 1.165) is 16.6 Å². The molecule has 0 bridgehead atoms. The van der Waals surface area contributed by atoms with Gasteiger partial charge < -0.3 is 0 Å². The summed E-state index contributed by atoms with van der Waals surface area (Å²) in [5.74, 6) is 0.210. The molecule has 0 aliphatic heterocycles. The summed E-state index contributed by atoms with van der Waals surface area (Å²) in [6.07, 6.45) is 0.427. The van der Waals surface area contributed by atoms with Crippen LogP contribution in [-0.4, -0.2) is 21.5 Å². The SMILES string of the molecule is CC(C)CC(=O)n1nc2c3c(cccc31)C(=O)c1ccccc1-2. The van der Waals surface area contributed by atoms with E-state index < -0.39 is 0 Å². The van der Waals surface area contributed by atoms with Crippen LogP contribution >= 0.6 is 0 Å². The van der Waals surface area contributed by atoms with E-state index in [9.17, 15) is 9.59 Å². The Hall–Kier alpha value is -2.75. The Kier molecular flexibility index (Phi) is 2.94. The van der Waals surface area contributed by atoms with Crippen molar-refractivity contribution in [3.8, 4) is 11.3 Å². The zero-order valence-electron chi connectivity index (χ0n) is 13.0. The Morgan fingerprint density at radius 2 is 1.74 bits per heavy atom. The molecule has 0 saturated heterocycles. The quantitative estimate of drug-likeness (QED) is 0.564. The first-order chi connectivity index (χ1) is 11.1. The summed E-state index contributed by atoms with van der Waals surface area (Å²) >= 11 is 0. The Morgan fingerprint density at radius 3 is 2.48 bits per heavy atom. The number of rotatable bonds is 2. The number of nitrogens with zero attached hydrogens (tertiary/aromatic N) is 2. The van der Waals surface area contributed by atoms with Gasteiger partial charge in [-0.05, 0) is 12.0 Å². The summed E-state index contributed by atoms with van der Waals surface area (Å²) in [5.41, 5.74) is 3.51. The molecule has 1 aromatic heterocycles. The molecule has 1 aliphatic rings.